The molecule has 0 saturated heterocycles. The Hall–Kier alpha value is -1.09. The van der Waals surface area contributed by atoms with Gasteiger partial charge in [-0.25, -0.2) is 0 Å². The minimum absolute atomic E-state index is 0.506. The molecule has 1 aromatic heterocycles. The summed E-state index contributed by atoms with van der Waals surface area (Å²) in [7, 11) is 1.60. The lowest BCUT2D eigenvalue weighted by atomic mass is 10.1. The van der Waals surface area contributed by atoms with Crippen LogP contribution in [0.25, 0.3) is 0 Å². The zero-order valence-electron chi connectivity index (χ0n) is 10.1. The molecule has 90 valence electrons. The molecule has 0 aliphatic heterocycles. The molecule has 0 amide bonds. The summed E-state index contributed by atoms with van der Waals surface area (Å²) >= 11 is 0. The quantitative estimate of drug-likeness (QED) is 0.722. The lowest BCUT2D eigenvalue weighted by Crippen LogP contribution is -2.03. The third-order valence-corrected chi connectivity index (χ3v) is 2.67. The summed E-state index contributed by atoms with van der Waals surface area (Å²) in [5.74, 6) is 0.672. The van der Waals surface area contributed by atoms with Gasteiger partial charge in [0.2, 0.25) is 0 Å². The van der Waals surface area contributed by atoms with Gasteiger partial charge in [-0.3, -0.25) is 4.98 Å². The van der Waals surface area contributed by atoms with Gasteiger partial charge in [0.25, 0.3) is 0 Å². The predicted octanol–water partition coefficient (Wildman–Crippen LogP) is 3.09. The monoisotopic (exact) mass is 223 g/mol. The number of unbranched alkanes of at least 4 members (excludes halogenated alkanes) is 3. The average Bonchev–Trinajstić information content (AvgIpc) is 2.34. The summed E-state index contributed by atoms with van der Waals surface area (Å²) in [6, 6.07) is 3.64. The van der Waals surface area contributed by atoms with Crippen LogP contribution in [-0.2, 0) is 0 Å². The van der Waals surface area contributed by atoms with E-state index in [1.54, 1.807) is 13.3 Å². The topological polar surface area (TPSA) is 42.4 Å². The Kier molecular flexibility index (Phi) is 5.86. The molecule has 1 rings (SSSR count). The fraction of sp³-hybridized carbons (Fsp3) is 0.615. The third kappa shape index (κ3) is 3.81. The number of pyridine rings is 1. The molecule has 0 aliphatic carbocycles. The van der Waals surface area contributed by atoms with E-state index in [1.165, 1.54) is 19.3 Å². The van der Waals surface area contributed by atoms with Crippen LogP contribution in [0.15, 0.2) is 18.3 Å². The smallest absolute Gasteiger partial charge is 0.143 e. The maximum absolute atomic E-state index is 9.99. The number of aliphatic hydroxyl groups is 1. The van der Waals surface area contributed by atoms with Crippen LogP contribution in [0.3, 0.4) is 0 Å². The standard InChI is InChI=1S/C13H21NO2/c1-3-4-5-6-8-11(15)13-12(16-2)9-7-10-14-13/h7,9-11,15H,3-6,8H2,1-2H3. The van der Waals surface area contributed by atoms with Crippen molar-refractivity contribution >= 4 is 0 Å². The summed E-state index contributed by atoms with van der Waals surface area (Å²) in [6.07, 6.45) is 6.58. The van der Waals surface area contributed by atoms with E-state index in [4.69, 9.17) is 4.74 Å². The minimum Gasteiger partial charge on any atom is -0.495 e. The average molecular weight is 223 g/mol. The molecule has 1 aromatic rings. The summed E-state index contributed by atoms with van der Waals surface area (Å²) in [5.41, 5.74) is 0.654. The molecule has 3 nitrogen and oxygen atoms in total. The molecule has 0 aromatic carbocycles. The van der Waals surface area contributed by atoms with Gasteiger partial charge < -0.3 is 9.84 Å². The van der Waals surface area contributed by atoms with Crippen molar-refractivity contribution in [2.24, 2.45) is 0 Å². The van der Waals surface area contributed by atoms with Crippen molar-refractivity contribution in [3.8, 4) is 5.75 Å². The molecule has 1 N–H and O–H groups in total. The molecule has 3 heteroatoms. The Morgan fingerprint density at radius 3 is 2.88 bits per heavy atom. The van der Waals surface area contributed by atoms with Gasteiger partial charge in [-0.15, -0.1) is 0 Å². The second-order valence-electron chi connectivity index (χ2n) is 3.96. The molecule has 0 fully saturated rings. The van der Waals surface area contributed by atoms with Gasteiger partial charge in [0.1, 0.15) is 11.4 Å². The van der Waals surface area contributed by atoms with Crippen molar-refractivity contribution < 1.29 is 9.84 Å². The first-order chi connectivity index (χ1) is 7.79. The van der Waals surface area contributed by atoms with Crippen LogP contribution in [0.2, 0.25) is 0 Å². The second kappa shape index (κ2) is 7.23. The number of nitrogens with zero attached hydrogens (tertiary/aromatic N) is 1. The van der Waals surface area contributed by atoms with Crippen molar-refractivity contribution in [2.45, 2.75) is 45.1 Å². The van der Waals surface area contributed by atoms with Gasteiger partial charge in [-0.2, -0.15) is 0 Å². The molecule has 1 atom stereocenters. The molecule has 1 heterocycles. The highest BCUT2D eigenvalue weighted by molar-refractivity contribution is 5.28. The lowest BCUT2D eigenvalue weighted by Gasteiger charge is -2.13. The highest BCUT2D eigenvalue weighted by Gasteiger charge is 2.13. The number of aromatic nitrogens is 1. The van der Waals surface area contributed by atoms with Gasteiger partial charge in [-0.05, 0) is 18.6 Å². The van der Waals surface area contributed by atoms with Crippen LogP contribution in [-0.4, -0.2) is 17.2 Å². The van der Waals surface area contributed by atoms with E-state index in [9.17, 15) is 5.11 Å². The van der Waals surface area contributed by atoms with Crippen LogP contribution in [0.1, 0.15) is 50.8 Å². The van der Waals surface area contributed by atoms with Crippen LogP contribution in [0, 0.1) is 0 Å². The SMILES string of the molecule is CCCCCCC(O)c1ncccc1OC. The van der Waals surface area contributed by atoms with Crippen molar-refractivity contribution in [3.63, 3.8) is 0 Å². The summed E-state index contributed by atoms with van der Waals surface area (Å²) in [5, 5.41) is 9.99. The number of rotatable bonds is 7. The largest absolute Gasteiger partial charge is 0.495 e. The fourth-order valence-corrected chi connectivity index (χ4v) is 1.73. The zero-order valence-corrected chi connectivity index (χ0v) is 10.1. The number of ether oxygens (including phenoxy) is 1. The van der Waals surface area contributed by atoms with Crippen molar-refractivity contribution in [1.29, 1.82) is 0 Å². The Bertz CT molecular complexity index is 302. The fourth-order valence-electron chi connectivity index (χ4n) is 1.73. The third-order valence-electron chi connectivity index (χ3n) is 2.67. The summed E-state index contributed by atoms with van der Waals surface area (Å²) in [4.78, 5) is 4.17. The van der Waals surface area contributed by atoms with E-state index in [0.29, 0.717) is 11.4 Å². The van der Waals surface area contributed by atoms with E-state index >= 15 is 0 Å². The Morgan fingerprint density at radius 2 is 2.19 bits per heavy atom. The Morgan fingerprint density at radius 1 is 1.38 bits per heavy atom. The van der Waals surface area contributed by atoms with Gasteiger partial charge in [0, 0.05) is 6.20 Å². The van der Waals surface area contributed by atoms with E-state index in [2.05, 4.69) is 11.9 Å². The zero-order chi connectivity index (χ0) is 11.8. The lowest BCUT2D eigenvalue weighted by molar-refractivity contribution is 0.154. The van der Waals surface area contributed by atoms with Crippen molar-refractivity contribution in [2.75, 3.05) is 7.11 Å². The molecule has 1 unspecified atom stereocenters. The van der Waals surface area contributed by atoms with Crippen LogP contribution in [0.4, 0.5) is 0 Å². The van der Waals surface area contributed by atoms with Gasteiger partial charge in [0.05, 0.1) is 13.2 Å². The molecule has 0 bridgehead atoms. The molecule has 0 radical (unpaired) electrons. The van der Waals surface area contributed by atoms with E-state index in [-0.39, 0.29) is 0 Å². The number of hydrogen-bond donors (Lipinski definition) is 1. The second-order valence-corrected chi connectivity index (χ2v) is 3.96. The van der Waals surface area contributed by atoms with Crippen LogP contribution >= 0.6 is 0 Å². The molecule has 16 heavy (non-hydrogen) atoms. The van der Waals surface area contributed by atoms with E-state index < -0.39 is 6.10 Å². The predicted molar refractivity (Wildman–Crippen MR) is 64.5 cm³/mol. The van der Waals surface area contributed by atoms with E-state index in [1.807, 2.05) is 12.1 Å². The maximum atomic E-state index is 9.99. The highest BCUT2D eigenvalue weighted by Crippen LogP contribution is 2.25. The summed E-state index contributed by atoms with van der Waals surface area (Å²) < 4.78 is 5.17. The normalized spacial score (nSPS) is 12.4. The Balaban J connectivity index is 2.48. The molecular weight excluding hydrogens is 202 g/mol. The molecule has 0 aliphatic rings. The van der Waals surface area contributed by atoms with Crippen molar-refractivity contribution in [3.05, 3.63) is 24.0 Å². The summed E-state index contributed by atoms with van der Waals surface area (Å²) in [6.45, 7) is 2.18. The highest BCUT2D eigenvalue weighted by atomic mass is 16.5. The first kappa shape index (κ1) is 13.0. The molecular formula is C13H21NO2. The first-order valence-electron chi connectivity index (χ1n) is 5.96. The number of methoxy groups -OCH3 is 1. The van der Waals surface area contributed by atoms with Gasteiger partial charge >= 0.3 is 0 Å². The van der Waals surface area contributed by atoms with E-state index in [0.717, 1.165) is 12.8 Å². The Labute approximate surface area is 97.5 Å². The minimum atomic E-state index is -0.506. The molecule has 0 saturated carbocycles. The van der Waals surface area contributed by atoms with Crippen LogP contribution < -0.4 is 4.74 Å². The van der Waals surface area contributed by atoms with Crippen LogP contribution in [0.5, 0.6) is 5.75 Å². The van der Waals surface area contributed by atoms with Crippen molar-refractivity contribution in [1.82, 2.24) is 4.98 Å². The first-order valence-corrected chi connectivity index (χ1v) is 5.96. The maximum Gasteiger partial charge on any atom is 0.143 e. The van der Waals surface area contributed by atoms with Gasteiger partial charge in [0.15, 0.2) is 0 Å². The number of aliphatic hydroxyl groups excluding tert-OH is 1. The number of hydrogen-bond acceptors (Lipinski definition) is 3. The molecule has 0 spiro atoms. The van der Waals surface area contributed by atoms with Gasteiger partial charge in [-0.1, -0.05) is 32.6 Å².